The van der Waals surface area contributed by atoms with E-state index in [-0.39, 0.29) is 0 Å². The number of furan rings is 1. The van der Waals surface area contributed by atoms with Gasteiger partial charge >= 0.3 is 0 Å². The Kier molecular flexibility index (Phi) is 3.70. The van der Waals surface area contributed by atoms with Crippen LogP contribution in [0.15, 0.2) is 16.5 Å². The molecule has 1 heterocycles. The molecule has 1 aliphatic rings. The van der Waals surface area contributed by atoms with Gasteiger partial charge in [0.15, 0.2) is 0 Å². The first-order valence-electron chi connectivity index (χ1n) is 6.50. The molecule has 0 saturated heterocycles. The van der Waals surface area contributed by atoms with Gasteiger partial charge < -0.3 is 9.73 Å². The summed E-state index contributed by atoms with van der Waals surface area (Å²) >= 11 is 0. The van der Waals surface area contributed by atoms with E-state index in [1.165, 1.54) is 25.7 Å². The van der Waals surface area contributed by atoms with Crippen molar-refractivity contribution in [1.29, 1.82) is 0 Å². The molecule has 1 aromatic heterocycles. The van der Waals surface area contributed by atoms with Gasteiger partial charge in [0.1, 0.15) is 11.5 Å². The molecule has 2 rings (SSSR count). The predicted octanol–water partition coefficient (Wildman–Crippen LogP) is 3.51. The highest BCUT2D eigenvalue weighted by molar-refractivity contribution is 5.06. The Morgan fingerprint density at radius 3 is 2.56 bits per heavy atom. The zero-order chi connectivity index (χ0) is 11.4. The smallest absolute Gasteiger partial charge is 0.117 e. The number of hydrogen-bond donors (Lipinski definition) is 1. The standard InChI is InChI=1S/C14H23NO/c1-3-12-6-7-13(16-12)10-15-11-14(2)8-4-5-9-14/h6-7,15H,3-5,8-11H2,1-2H3. The van der Waals surface area contributed by atoms with Crippen LogP contribution in [0.5, 0.6) is 0 Å². The molecule has 0 spiro atoms. The fourth-order valence-electron chi connectivity index (χ4n) is 2.60. The zero-order valence-corrected chi connectivity index (χ0v) is 10.5. The fourth-order valence-corrected chi connectivity index (χ4v) is 2.60. The maximum absolute atomic E-state index is 5.67. The Morgan fingerprint density at radius 1 is 1.25 bits per heavy atom. The lowest BCUT2D eigenvalue weighted by atomic mass is 9.89. The Balaban J connectivity index is 1.75. The van der Waals surface area contributed by atoms with Gasteiger partial charge in [0.05, 0.1) is 6.54 Å². The molecule has 16 heavy (non-hydrogen) atoms. The fraction of sp³-hybridized carbons (Fsp3) is 0.714. The van der Waals surface area contributed by atoms with Crippen LogP contribution in [-0.4, -0.2) is 6.54 Å². The van der Waals surface area contributed by atoms with Gasteiger partial charge in [-0.05, 0) is 30.4 Å². The van der Waals surface area contributed by atoms with Crippen LogP contribution in [0.3, 0.4) is 0 Å². The Labute approximate surface area is 98.4 Å². The summed E-state index contributed by atoms with van der Waals surface area (Å²) < 4.78 is 5.67. The van der Waals surface area contributed by atoms with E-state index in [0.29, 0.717) is 5.41 Å². The predicted molar refractivity (Wildman–Crippen MR) is 66.4 cm³/mol. The number of hydrogen-bond acceptors (Lipinski definition) is 2. The maximum atomic E-state index is 5.67. The van der Waals surface area contributed by atoms with Crippen molar-refractivity contribution in [1.82, 2.24) is 5.32 Å². The molecule has 0 aliphatic heterocycles. The Hall–Kier alpha value is -0.760. The second-order valence-electron chi connectivity index (χ2n) is 5.34. The molecule has 1 fully saturated rings. The molecule has 1 saturated carbocycles. The molecule has 1 aliphatic carbocycles. The van der Waals surface area contributed by atoms with Gasteiger partial charge in [0.25, 0.3) is 0 Å². The minimum atomic E-state index is 0.528. The SMILES string of the molecule is CCc1ccc(CNCC2(C)CCCC2)o1. The molecule has 0 atom stereocenters. The summed E-state index contributed by atoms with van der Waals surface area (Å²) in [6, 6.07) is 4.16. The maximum Gasteiger partial charge on any atom is 0.117 e. The van der Waals surface area contributed by atoms with Crippen molar-refractivity contribution in [2.75, 3.05) is 6.54 Å². The molecule has 0 unspecified atom stereocenters. The Morgan fingerprint density at radius 2 is 1.94 bits per heavy atom. The lowest BCUT2D eigenvalue weighted by molar-refractivity contribution is 0.307. The minimum Gasteiger partial charge on any atom is -0.465 e. The first-order chi connectivity index (χ1) is 7.72. The molecular weight excluding hydrogens is 198 g/mol. The van der Waals surface area contributed by atoms with Gasteiger partial charge in [-0.3, -0.25) is 0 Å². The zero-order valence-electron chi connectivity index (χ0n) is 10.5. The molecule has 0 bridgehead atoms. The highest BCUT2D eigenvalue weighted by Crippen LogP contribution is 2.36. The molecule has 1 aromatic rings. The molecule has 2 nitrogen and oxygen atoms in total. The van der Waals surface area contributed by atoms with Gasteiger partial charge in [0, 0.05) is 13.0 Å². The minimum absolute atomic E-state index is 0.528. The van der Waals surface area contributed by atoms with Crippen LogP contribution in [0, 0.1) is 5.41 Å². The highest BCUT2D eigenvalue weighted by atomic mass is 16.3. The molecule has 0 aromatic carbocycles. The summed E-state index contributed by atoms with van der Waals surface area (Å²) in [5.41, 5.74) is 0.528. The first kappa shape index (κ1) is 11.7. The third-order valence-corrected chi connectivity index (χ3v) is 3.73. The normalized spacial score (nSPS) is 19.1. The second kappa shape index (κ2) is 5.05. The van der Waals surface area contributed by atoms with Gasteiger partial charge in [0.2, 0.25) is 0 Å². The van der Waals surface area contributed by atoms with Crippen molar-refractivity contribution < 1.29 is 4.42 Å². The lowest BCUT2D eigenvalue weighted by Crippen LogP contribution is -2.28. The van der Waals surface area contributed by atoms with E-state index in [1.807, 2.05) is 0 Å². The summed E-state index contributed by atoms with van der Waals surface area (Å²) in [5.74, 6) is 2.15. The third kappa shape index (κ3) is 2.88. The van der Waals surface area contributed by atoms with Crippen LogP contribution in [-0.2, 0) is 13.0 Å². The number of aryl methyl sites for hydroxylation is 1. The van der Waals surface area contributed by atoms with Crippen LogP contribution in [0.1, 0.15) is 51.1 Å². The molecule has 0 radical (unpaired) electrons. The van der Waals surface area contributed by atoms with E-state index in [2.05, 4.69) is 31.3 Å². The summed E-state index contributed by atoms with van der Waals surface area (Å²) in [7, 11) is 0. The first-order valence-corrected chi connectivity index (χ1v) is 6.50. The van der Waals surface area contributed by atoms with Gasteiger partial charge in [-0.25, -0.2) is 0 Å². The average molecular weight is 221 g/mol. The monoisotopic (exact) mass is 221 g/mol. The van der Waals surface area contributed by atoms with Crippen molar-refractivity contribution in [3.8, 4) is 0 Å². The van der Waals surface area contributed by atoms with Crippen molar-refractivity contribution >= 4 is 0 Å². The quantitative estimate of drug-likeness (QED) is 0.823. The largest absolute Gasteiger partial charge is 0.465 e. The topological polar surface area (TPSA) is 25.2 Å². The Bertz CT molecular complexity index is 323. The van der Waals surface area contributed by atoms with Crippen LogP contribution < -0.4 is 5.32 Å². The van der Waals surface area contributed by atoms with Crippen LogP contribution >= 0.6 is 0 Å². The van der Waals surface area contributed by atoms with Crippen molar-refractivity contribution in [2.45, 2.75) is 52.5 Å². The molecule has 0 amide bonds. The van der Waals surface area contributed by atoms with Crippen LogP contribution in [0.4, 0.5) is 0 Å². The van der Waals surface area contributed by atoms with Gasteiger partial charge in [-0.15, -0.1) is 0 Å². The highest BCUT2D eigenvalue weighted by Gasteiger charge is 2.27. The van der Waals surface area contributed by atoms with Gasteiger partial charge in [-0.2, -0.15) is 0 Å². The van der Waals surface area contributed by atoms with E-state index in [9.17, 15) is 0 Å². The van der Waals surface area contributed by atoms with E-state index < -0.39 is 0 Å². The molecule has 2 heteroatoms. The summed E-state index contributed by atoms with van der Waals surface area (Å²) in [6.07, 6.45) is 6.53. The van der Waals surface area contributed by atoms with E-state index in [0.717, 1.165) is 31.0 Å². The average Bonchev–Trinajstić information content (AvgIpc) is 2.88. The summed E-state index contributed by atoms with van der Waals surface area (Å²) in [4.78, 5) is 0. The number of nitrogens with one attached hydrogen (secondary N) is 1. The summed E-state index contributed by atoms with van der Waals surface area (Å²) in [6.45, 7) is 6.51. The van der Waals surface area contributed by atoms with Gasteiger partial charge in [-0.1, -0.05) is 26.7 Å². The third-order valence-electron chi connectivity index (χ3n) is 3.73. The second-order valence-corrected chi connectivity index (χ2v) is 5.34. The van der Waals surface area contributed by atoms with Crippen molar-refractivity contribution in [2.24, 2.45) is 5.41 Å². The van der Waals surface area contributed by atoms with E-state index in [1.54, 1.807) is 0 Å². The molecule has 1 N–H and O–H groups in total. The number of rotatable bonds is 5. The van der Waals surface area contributed by atoms with Crippen molar-refractivity contribution in [3.63, 3.8) is 0 Å². The molecule has 90 valence electrons. The molecular formula is C14H23NO. The van der Waals surface area contributed by atoms with Crippen LogP contribution in [0.25, 0.3) is 0 Å². The lowest BCUT2D eigenvalue weighted by Gasteiger charge is -2.23. The van der Waals surface area contributed by atoms with Crippen molar-refractivity contribution in [3.05, 3.63) is 23.7 Å². The van der Waals surface area contributed by atoms with Crippen LogP contribution in [0.2, 0.25) is 0 Å². The van der Waals surface area contributed by atoms with E-state index in [4.69, 9.17) is 4.42 Å². The van der Waals surface area contributed by atoms with E-state index >= 15 is 0 Å². The summed E-state index contributed by atoms with van der Waals surface area (Å²) in [5, 5.41) is 3.53.